The lowest BCUT2D eigenvalue weighted by molar-refractivity contribution is -0.265. The molecule has 1 amide bonds. The van der Waals surface area contributed by atoms with Crippen LogP contribution in [-0.2, 0) is 11.1 Å². The van der Waals surface area contributed by atoms with Gasteiger partial charge in [0.2, 0.25) is 5.60 Å². The fourth-order valence-electron chi connectivity index (χ4n) is 4.72. The lowest BCUT2D eigenvalue weighted by atomic mass is 9.88. The fourth-order valence-corrected chi connectivity index (χ4v) is 4.72. The van der Waals surface area contributed by atoms with E-state index < -0.39 is 41.3 Å². The number of aliphatic imine (C=N–C) groups is 1. The number of rotatable bonds is 10. The summed E-state index contributed by atoms with van der Waals surface area (Å²) in [6.07, 6.45) is -3.42. The van der Waals surface area contributed by atoms with Gasteiger partial charge in [0, 0.05) is 11.1 Å². The minimum atomic E-state index is -5.27. The molecule has 2 aromatic carbocycles. The molecular weight excluding hydrogens is 580 g/mol. The van der Waals surface area contributed by atoms with Gasteiger partial charge in [0.05, 0.1) is 42.5 Å². The van der Waals surface area contributed by atoms with E-state index in [9.17, 15) is 27.5 Å². The van der Waals surface area contributed by atoms with Gasteiger partial charge in [0.15, 0.2) is 11.5 Å². The molecule has 4 rings (SSSR count). The van der Waals surface area contributed by atoms with E-state index in [0.717, 1.165) is 18.9 Å². The Morgan fingerprint density at radius 2 is 1.77 bits per heavy atom. The second-order valence-corrected chi connectivity index (χ2v) is 11.5. The van der Waals surface area contributed by atoms with Crippen molar-refractivity contribution < 1.29 is 36.9 Å². The van der Waals surface area contributed by atoms with Crippen LogP contribution in [0.5, 0.6) is 11.5 Å². The number of nitrogens with one attached hydrogen (secondary N) is 1. The smallest absolute Gasteiger partial charge is 0.424 e. The number of carbonyl (C=O) groups is 1. The quantitative estimate of drug-likeness (QED) is 0.150. The highest BCUT2D eigenvalue weighted by Crippen LogP contribution is 2.41. The van der Waals surface area contributed by atoms with E-state index >= 15 is 0 Å². The van der Waals surface area contributed by atoms with Gasteiger partial charge in [-0.1, -0.05) is 0 Å². The SMILES string of the molecule is COc1cc(C(=O)NCC(O)(c2cc(C(C)(C)N=C(C)N)cc(-c3ccc(F)c(C)c3C)n2)C(F)(F)F)ccc1OC1CC1. The zero-order valence-corrected chi connectivity index (χ0v) is 25.4. The number of methoxy groups -OCH3 is 1. The first-order valence-corrected chi connectivity index (χ1v) is 14.0. The second kappa shape index (κ2) is 12.1. The number of aliphatic hydroxyl groups is 1. The molecule has 1 fully saturated rings. The summed E-state index contributed by atoms with van der Waals surface area (Å²) in [5.74, 6) is -0.515. The van der Waals surface area contributed by atoms with Crippen LogP contribution in [-0.4, -0.2) is 47.8 Å². The maximum absolute atomic E-state index is 14.7. The number of aromatic nitrogens is 1. The van der Waals surface area contributed by atoms with Gasteiger partial charge < -0.3 is 25.6 Å². The Kier molecular flexibility index (Phi) is 8.97. The summed E-state index contributed by atoms with van der Waals surface area (Å²) in [6.45, 7) is 6.75. The van der Waals surface area contributed by atoms with Crippen molar-refractivity contribution in [3.05, 3.63) is 76.2 Å². The van der Waals surface area contributed by atoms with Gasteiger partial charge in [-0.3, -0.25) is 9.79 Å². The van der Waals surface area contributed by atoms with Crippen LogP contribution in [0, 0.1) is 19.7 Å². The highest BCUT2D eigenvalue weighted by Gasteiger charge is 2.56. The van der Waals surface area contributed by atoms with Crippen molar-refractivity contribution in [2.45, 2.75) is 70.9 Å². The number of hydrogen-bond acceptors (Lipinski definition) is 6. The first kappa shape index (κ1) is 32.7. The molecule has 0 bridgehead atoms. The molecule has 236 valence electrons. The van der Waals surface area contributed by atoms with E-state index in [1.807, 2.05) is 0 Å². The third kappa shape index (κ3) is 6.80. The third-order valence-corrected chi connectivity index (χ3v) is 7.63. The molecule has 1 aromatic heterocycles. The van der Waals surface area contributed by atoms with Crippen LogP contribution < -0.4 is 20.5 Å². The molecule has 0 spiro atoms. The van der Waals surface area contributed by atoms with E-state index in [0.29, 0.717) is 22.4 Å². The number of hydrogen-bond donors (Lipinski definition) is 3. The predicted molar refractivity (Wildman–Crippen MR) is 158 cm³/mol. The Morgan fingerprint density at radius 3 is 2.36 bits per heavy atom. The van der Waals surface area contributed by atoms with Gasteiger partial charge in [-0.15, -0.1) is 0 Å². The van der Waals surface area contributed by atoms with Crippen molar-refractivity contribution >= 4 is 11.7 Å². The number of benzene rings is 2. The van der Waals surface area contributed by atoms with E-state index in [-0.39, 0.29) is 34.5 Å². The van der Waals surface area contributed by atoms with Gasteiger partial charge in [-0.25, -0.2) is 9.37 Å². The van der Waals surface area contributed by atoms with Gasteiger partial charge in [0.1, 0.15) is 5.82 Å². The number of halogens is 4. The van der Waals surface area contributed by atoms with Gasteiger partial charge >= 0.3 is 6.18 Å². The van der Waals surface area contributed by atoms with Crippen LogP contribution in [0.25, 0.3) is 11.3 Å². The van der Waals surface area contributed by atoms with Crippen LogP contribution in [0.3, 0.4) is 0 Å². The van der Waals surface area contributed by atoms with Crippen molar-refractivity contribution in [3.8, 4) is 22.8 Å². The minimum absolute atomic E-state index is 0.00299. The molecule has 4 N–H and O–H groups in total. The predicted octanol–water partition coefficient (Wildman–Crippen LogP) is 5.85. The van der Waals surface area contributed by atoms with Crippen LogP contribution in [0.2, 0.25) is 0 Å². The third-order valence-electron chi connectivity index (χ3n) is 7.63. The normalized spacial score (nSPS) is 15.5. The molecular formula is C32H36F4N4O4. The van der Waals surface area contributed by atoms with Crippen LogP contribution in [0.1, 0.15) is 66.4 Å². The highest BCUT2D eigenvalue weighted by atomic mass is 19.4. The van der Waals surface area contributed by atoms with Crippen molar-refractivity contribution in [2.24, 2.45) is 10.7 Å². The number of nitrogens with two attached hydrogens (primary N) is 1. The van der Waals surface area contributed by atoms with Crippen LogP contribution in [0.4, 0.5) is 17.6 Å². The number of carbonyl (C=O) groups excluding carboxylic acids is 1. The monoisotopic (exact) mass is 616 g/mol. The summed E-state index contributed by atoms with van der Waals surface area (Å²) in [6, 6.07) is 9.49. The van der Waals surface area contributed by atoms with E-state index in [2.05, 4.69) is 15.3 Å². The summed E-state index contributed by atoms with van der Waals surface area (Å²) in [5.41, 5.74) is 1.73. The summed E-state index contributed by atoms with van der Waals surface area (Å²) in [7, 11) is 1.39. The molecule has 12 heteroatoms. The molecule has 1 atom stereocenters. The molecule has 0 radical (unpaired) electrons. The van der Waals surface area contributed by atoms with Crippen molar-refractivity contribution in [1.82, 2.24) is 10.3 Å². The lowest BCUT2D eigenvalue weighted by Gasteiger charge is -2.32. The van der Waals surface area contributed by atoms with Crippen molar-refractivity contribution in [1.29, 1.82) is 0 Å². The Bertz CT molecular complexity index is 1600. The minimum Gasteiger partial charge on any atom is -0.493 e. The zero-order valence-electron chi connectivity index (χ0n) is 25.4. The van der Waals surface area contributed by atoms with E-state index in [1.165, 1.54) is 43.5 Å². The summed E-state index contributed by atoms with van der Waals surface area (Å²) < 4.78 is 69.5. The van der Waals surface area contributed by atoms with Crippen molar-refractivity contribution in [3.63, 3.8) is 0 Å². The highest BCUT2D eigenvalue weighted by molar-refractivity contribution is 5.95. The Labute approximate surface area is 253 Å². The maximum atomic E-state index is 14.7. The number of alkyl halides is 3. The Balaban J connectivity index is 1.78. The summed E-state index contributed by atoms with van der Waals surface area (Å²) >= 11 is 0. The first-order chi connectivity index (χ1) is 20.5. The molecule has 1 aliphatic rings. The average molecular weight is 617 g/mol. The Morgan fingerprint density at radius 1 is 1.09 bits per heavy atom. The molecule has 0 saturated heterocycles. The molecule has 1 saturated carbocycles. The number of pyridine rings is 1. The fraction of sp³-hybridized carbons (Fsp3) is 0.406. The number of amidine groups is 1. The first-order valence-electron chi connectivity index (χ1n) is 14.0. The van der Waals surface area contributed by atoms with Gasteiger partial charge in [-0.05, 0) is 107 Å². The number of amides is 1. The summed E-state index contributed by atoms with van der Waals surface area (Å²) in [4.78, 5) is 21.6. The van der Waals surface area contributed by atoms with E-state index in [1.54, 1.807) is 34.6 Å². The Hall–Kier alpha value is -4.19. The van der Waals surface area contributed by atoms with Crippen molar-refractivity contribution in [2.75, 3.05) is 13.7 Å². The molecule has 44 heavy (non-hydrogen) atoms. The average Bonchev–Trinajstić information content (AvgIpc) is 3.77. The molecule has 1 heterocycles. The molecule has 8 nitrogen and oxygen atoms in total. The topological polar surface area (TPSA) is 119 Å². The lowest BCUT2D eigenvalue weighted by Crippen LogP contribution is -2.51. The molecule has 3 aromatic rings. The summed E-state index contributed by atoms with van der Waals surface area (Å²) in [5, 5.41) is 13.5. The molecule has 1 unspecified atom stereocenters. The van der Waals surface area contributed by atoms with Crippen LogP contribution in [0.15, 0.2) is 47.5 Å². The second-order valence-electron chi connectivity index (χ2n) is 11.5. The molecule has 0 aliphatic heterocycles. The van der Waals surface area contributed by atoms with Gasteiger partial charge in [0.25, 0.3) is 5.91 Å². The largest absolute Gasteiger partial charge is 0.493 e. The number of ether oxygens (including phenoxy) is 2. The maximum Gasteiger partial charge on any atom is 0.424 e. The van der Waals surface area contributed by atoms with Crippen LogP contribution >= 0.6 is 0 Å². The molecule has 1 aliphatic carbocycles. The standard InChI is InChI=1S/C32H36F4N4O4/c1-17-18(2)24(33)11-10-23(17)25-14-21(30(4,5)40-19(3)37)15-28(39-25)31(42,32(34,35)36)16-38-29(41)20-7-12-26(27(13-20)43-6)44-22-8-9-22/h7,10-15,22,42H,8-9,16H2,1-6H3,(H2,37,40)(H,38,41). The van der Waals surface area contributed by atoms with E-state index in [4.69, 9.17) is 15.2 Å². The zero-order chi connectivity index (χ0) is 32.6. The van der Waals surface area contributed by atoms with Gasteiger partial charge in [-0.2, -0.15) is 13.2 Å². The number of nitrogens with zero attached hydrogens (tertiary/aromatic N) is 2.